The molecule has 2 aromatic heterocycles. The molecule has 0 aliphatic heterocycles. The number of nitrogens with two attached hydrogens (primary N) is 1. The number of amides is 3. The molecule has 9 nitrogen and oxygen atoms in total. The second kappa shape index (κ2) is 7.46. The highest BCUT2D eigenvalue weighted by atomic mass is 35.5. The van der Waals surface area contributed by atoms with E-state index in [1.807, 2.05) is 0 Å². The Morgan fingerprint density at radius 3 is 2.85 bits per heavy atom. The van der Waals surface area contributed by atoms with Gasteiger partial charge in [0.2, 0.25) is 0 Å². The summed E-state index contributed by atoms with van der Waals surface area (Å²) in [6.07, 6.45) is 0.371. The zero-order valence-electron chi connectivity index (χ0n) is 13.9. The van der Waals surface area contributed by atoms with Crippen molar-refractivity contribution in [2.45, 2.75) is 13.0 Å². The SMILES string of the molecule is C[C@@H](NC(=O)Nc1cc2[nH]nc(OC(N)=O)c2cn1)c1ccc(F)c(Cl)c1. The van der Waals surface area contributed by atoms with Gasteiger partial charge in [0.05, 0.1) is 22.0 Å². The van der Waals surface area contributed by atoms with Gasteiger partial charge in [-0.2, -0.15) is 0 Å². The summed E-state index contributed by atoms with van der Waals surface area (Å²) >= 11 is 5.75. The number of anilines is 1. The van der Waals surface area contributed by atoms with E-state index in [9.17, 15) is 14.0 Å². The normalized spacial score (nSPS) is 11.8. The lowest BCUT2D eigenvalue weighted by Crippen LogP contribution is -2.31. The Bertz CT molecular complexity index is 1020. The van der Waals surface area contributed by atoms with Crippen LogP contribution in [0.3, 0.4) is 0 Å². The van der Waals surface area contributed by atoms with Gasteiger partial charge in [-0.3, -0.25) is 10.4 Å². The first-order chi connectivity index (χ1) is 12.8. The van der Waals surface area contributed by atoms with Crippen molar-refractivity contribution in [1.29, 1.82) is 0 Å². The number of aromatic nitrogens is 3. The van der Waals surface area contributed by atoms with Gasteiger partial charge in [0.1, 0.15) is 11.6 Å². The third kappa shape index (κ3) is 4.23. The highest BCUT2D eigenvalue weighted by molar-refractivity contribution is 6.30. The van der Waals surface area contributed by atoms with Crippen LogP contribution in [0.1, 0.15) is 18.5 Å². The van der Waals surface area contributed by atoms with Crippen LogP contribution in [0, 0.1) is 5.82 Å². The largest absolute Gasteiger partial charge is 0.411 e. The molecule has 0 spiro atoms. The molecular weight excluding hydrogens is 379 g/mol. The molecule has 3 aromatic rings. The van der Waals surface area contributed by atoms with Crippen molar-refractivity contribution in [3.8, 4) is 5.88 Å². The molecule has 0 saturated carbocycles. The third-order valence-corrected chi connectivity index (χ3v) is 3.93. The molecule has 2 heterocycles. The number of rotatable bonds is 4. The zero-order chi connectivity index (χ0) is 19.6. The molecule has 0 fully saturated rings. The summed E-state index contributed by atoms with van der Waals surface area (Å²) in [6.45, 7) is 1.72. The maximum absolute atomic E-state index is 13.2. The highest BCUT2D eigenvalue weighted by Gasteiger charge is 2.14. The molecule has 3 rings (SSSR count). The van der Waals surface area contributed by atoms with E-state index in [0.29, 0.717) is 16.5 Å². The zero-order valence-corrected chi connectivity index (χ0v) is 14.7. The van der Waals surface area contributed by atoms with Crippen molar-refractivity contribution in [2.75, 3.05) is 5.32 Å². The van der Waals surface area contributed by atoms with E-state index in [2.05, 4.69) is 25.8 Å². The van der Waals surface area contributed by atoms with E-state index >= 15 is 0 Å². The van der Waals surface area contributed by atoms with Gasteiger partial charge in [-0.25, -0.2) is 19.0 Å². The van der Waals surface area contributed by atoms with Gasteiger partial charge in [-0.1, -0.05) is 17.7 Å². The lowest BCUT2D eigenvalue weighted by atomic mass is 10.1. The Balaban J connectivity index is 1.68. The van der Waals surface area contributed by atoms with Gasteiger partial charge >= 0.3 is 12.1 Å². The molecular formula is C16H14ClFN6O3. The number of ether oxygens (including phenoxy) is 1. The van der Waals surface area contributed by atoms with Crippen molar-refractivity contribution in [3.05, 3.63) is 46.9 Å². The van der Waals surface area contributed by atoms with Crippen LogP contribution >= 0.6 is 11.6 Å². The Morgan fingerprint density at radius 2 is 2.15 bits per heavy atom. The number of carbonyl (C=O) groups is 2. The van der Waals surface area contributed by atoms with Gasteiger partial charge in [-0.15, -0.1) is 5.10 Å². The minimum atomic E-state index is -1.00. The summed E-state index contributed by atoms with van der Waals surface area (Å²) in [7, 11) is 0. The van der Waals surface area contributed by atoms with Gasteiger partial charge in [-0.05, 0) is 24.6 Å². The predicted octanol–water partition coefficient (Wildman–Crippen LogP) is 3.09. The summed E-state index contributed by atoms with van der Waals surface area (Å²) in [5.41, 5.74) is 6.07. The van der Waals surface area contributed by atoms with Crippen LogP contribution < -0.4 is 21.1 Å². The average Bonchev–Trinajstić information content (AvgIpc) is 2.98. The second-order valence-electron chi connectivity index (χ2n) is 5.56. The van der Waals surface area contributed by atoms with Crippen LogP contribution in [0.2, 0.25) is 5.02 Å². The maximum atomic E-state index is 13.2. The molecule has 0 bridgehead atoms. The first-order valence-electron chi connectivity index (χ1n) is 7.67. The van der Waals surface area contributed by atoms with Crippen LogP contribution in [0.5, 0.6) is 5.88 Å². The standard InChI is InChI=1S/C16H14ClFN6O3/c1-7(8-2-3-11(18)10(17)4-8)21-16(26)22-13-5-12-9(6-20-13)14(24-23-12)27-15(19)25/h2-7H,1H3,(H2,19,25)(H,23,24)(H2,20,21,22,26)/t7-/m1/s1. The number of aromatic amines is 1. The van der Waals surface area contributed by atoms with Gasteiger partial charge in [0, 0.05) is 12.3 Å². The van der Waals surface area contributed by atoms with Gasteiger partial charge < -0.3 is 15.8 Å². The fourth-order valence-electron chi connectivity index (χ4n) is 2.35. The number of fused-ring (bicyclic) bond motifs is 1. The lowest BCUT2D eigenvalue weighted by molar-refractivity contribution is 0.209. The number of halogens is 2. The second-order valence-corrected chi connectivity index (χ2v) is 5.97. The Hall–Kier alpha value is -3.40. The number of H-pyrrole nitrogens is 1. The summed E-state index contributed by atoms with van der Waals surface area (Å²) in [4.78, 5) is 27.0. The number of primary amides is 1. The Morgan fingerprint density at radius 1 is 1.37 bits per heavy atom. The topological polar surface area (TPSA) is 135 Å². The third-order valence-electron chi connectivity index (χ3n) is 3.64. The van der Waals surface area contributed by atoms with Crippen molar-refractivity contribution < 1.29 is 18.7 Å². The first kappa shape index (κ1) is 18.4. The molecule has 0 unspecified atom stereocenters. The first-order valence-corrected chi connectivity index (χ1v) is 8.05. The molecule has 3 amide bonds. The highest BCUT2D eigenvalue weighted by Crippen LogP contribution is 2.24. The molecule has 5 N–H and O–H groups in total. The fraction of sp³-hybridized carbons (Fsp3) is 0.125. The van der Waals surface area contributed by atoms with Crippen molar-refractivity contribution in [2.24, 2.45) is 5.73 Å². The summed E-state index contributed by atoms with van der Waals surface area (Å²) in [5, 5.41) is 12.1. The maximum Gasteiger partial charge on any atom is 0.411 e. The smallest absolute Gasteiger partial charge is 0.389 e. The van der Waals surface area contributed by atoms with E-state index in [-0.39, 0.29) is 16.7 Å². The minimum Gasteiger partial charge on any atom is -0.389 e. The van der Waals surface area contributed by atoms with Gasteiger partial charge in [0.25, 0.3) is 5.88 Å². The summed E-state index contributed by atoms with van der Waals surface area (Å²) in [6, 6.07) is 4.76. The van der Waals surface area contributed by atoms with Crippen molar-refractivity contribution >= 4 is 40.4 Å². The molecule has 1 aromatic carbocycles. The van der Waals surface area contributed by atoms with E-state index in [4.69, 9.17) is 22.1 Å². The molecule has 1 atom stereocenters. The molecule has 0 aliphatic rings. The van der Waals surface area contributed by atoms with Crippen LogP contribution in [-0.2, 0) is 0 Å². The lowest BCUT2D eigenvalue weighted by Gasteiger charge is -2.15. The number of hydrogen-bond donors (Lipinski definition) is 4. The fourth-order valence-corrected chi connectivity index (χ4v) is 2.53. The molecule has 27 heavy (non-hydrogen) atoms. The minimum absolute atomic E-state index is 0.0113. The number of hydrogen-bond acceptors (Lipinski definition) is 5. The monoisotopic (exact) mass is 392 g/mol. The van der Waals surface area contributed by atoms with E-state index < -0.39 is 24.0 Å². The molecule has 0 saturated heterocycles. The summed E-state index contributed by atoms with van der Waals surface area (Å²) < 4.78 is 18.0. The molecule has 0 aliphatic carbocycles. The van der Waals surface area contributed by atoms with Crippen LogP contribution in [0.15, 0.2) is 30.5 Å². The van der Waals surface area contributed by atoms with Gasteiger partial charge in [0.15, 0.2) is 0 Å². The number of nitrogens with zero attached hydrogens (tertiary/aromatic N) is 2. The van der Waals surface area contributed by atoms with Crippen LogP contribution in [0.4, 0.5) is 19.8 Å². The number of urea groups is 1. The van der Waals surface area contributed by atoms with Crippen LogP contribution in [0.25, 0.3) is 10.9 Å². The molecule has 0 radical (unpaired) electrons. The average molecular weight is 393 g/mol. The molecule has 140 valence electrons. The van der Waals surface area contributed by atoms with E-state index in [1.54, 1.807) is 6.92 Å². The number of nitrogens with one attached hydrogen (secondary N) is 3. The quantitative estimate of drug-likeness (QED) is 0.541. The van der Waals surface area contributed by atoms with Crippen molar-refractivity contribution in [1.82, 2.24) is 20.5 Å². The Kier molecular flexibility index (Phi) is 5.08. The summed E-state index contributed by atoms with van der Waals surface area (Å²) in [5.74, 6) is -0.310. The van der Waals surface area contributed by atoms with E-state index in [0.717, 1.165) is 0 Å². The number of carbonyl (C=O) groups excluding carboxylic acids is 2. The van der Waals surface area contributed by atoms with Crippen molar-refractivity contribution in [3.63, 3.8) is 0 Å². The van der Waals surface area contributed by atoms with Crippen LogP contribution in [-0.4, -0.2) is 27.3 Å². The number of benzene rings is 1. The molecule has 11 heteroatoms. The van der Waals surface area contributed by atoms with E-state index in [1.165, 1.54) is 30.5 Å². The predicted molar refractivity (Wildman–Crippen MR) is 96.1 cm³/mol. The number of pyridine rings is 1. The Labute approximate surface area is 157 Å².